The summed E-state index contributed by atoms with van der Waals surface area (Å²) in [4.78, 5) is 7.14. The molecule has 0 amide bonds. The second-order valence-electron chi connectivity index (χ2n) is 2.94. The first-order chi connectivity index (χ1) is 6.74. The molecule has 0 spiro atoms. The van der Waals surface area contributed by atoms with Gasteiger partial charge < -0.3 is 10.5 Å². The Kier molecular flexibility index (Phi) is 4.10. The highest BCUT2D eigenvalue weighted by atomic mass is 19.1. The molecular weight excluding hydrogens is 185 g/mol. The van der Waals surface area contributed by atoms with Gasteiger partial charge in [0.1, 0.15) is 0 Å². The molecule has 0 aliphatic carbocycles. The van der Waals surface area contributed by atoms with E-state index in [-0.39, 0.29) is 11.8 Å². The van der Waals surface area contributed by atoms with E-state index in [9.17, 15) is 4.39 Å². The monoisotopic (exact) mass is 199 g/mol. The van der Waals surface area contributed by atoms with Crippen LogP contribution in [0.4, 0.5) is 10.3 Å². The number of unbranched alkanes of at least 4 members (excludes halogenated alkanes) is 2. The molecule has 4 nitrogen and oxygen atoms in total. The van der Waals surface area contributed by atoms with E-state index in [1.165, 1.54) is 0 Å². The maximum Gasteiger partial charge on any atom is 0.255 e. The number of hydrogen-bond donors (Lipinski definition) is 1. The molecule has 0 saturated carbocycles. The Morgan fingerprint density at radius 2 is 2.29 bits per heavy atom. The minimum Gasteiger partial charge on any atom is -0.475 e. The van der Waals surface area contributed by atoms with Crippen molar-refractivity contribution in [2.75, 3.05) is 12.3 Å². The summed E-state index contributed by atoms with van der Waals surface area (Å²) >= 11 is 0. The van der Waals surface area contributed by atoms with Crippen LogP contribution in [-0.4, -0.2) is 16.6 Å². The number of rotatable bonds is 5. The van der Waals surface area contributed by atoms with Crippen molar-refractivity contribution in [2.45, 2.75) is 26.2 Å². The van der Waals surface area contributed by atoms with E-state index in [4.69, 9.17) is 10.5 Å². The maximum atomic E-state index is 13.0. The smallest absolute Gasteiger partial charge is 0.255 e. The van der Waals surface area contributed by atoms with Crippen LogP contribution < -0.4 is 10.5 Å². The van der Waals surface area contributed by atoms with E-state index in [0.717, 1.165) is 25.5 Å². The summed E-state index contributed by atoms with van der Waals surface area (Å²) in [5.41, 5.74) is 5.29. The molecule has 0 aliphatic heterocycles. The number of nitrogens with zero attached hydrogens (tertiary/aromatic N) is 2. The normalized spacial score (nSPS) is 10.1. The Hall–Kier alpha value is -1.39. The molecule has 0 saturated heterocycles. The molecule has 1 aromatic heterocycles. The summed E-state index contributed by atoms with van der Waals surface area (Å²) in [6.07, 6.45) is 4.05. The number of nitrogens with two attached hydrogens (primary N) is 1. The molecule has 0 aliphatic rings. The number of aromatic nitrogens is 2. The van der Waals surface area contributed by atoms with Crippen LogP contribution in [0, 0.1) is 5.82 Å². The van der Waals surface area contributed by atoms with E-state index in [2.05, 4.69) is 16.9 Å². The van der Waals surface area contributed by atoms with Gasteiger partial charge in [0.2, 0.25) is 11.8 Å². The third-order valence-electron chi connectivity index (χ3n) is 1.72. The average Bonchev–Trinajstić information content (AvgIpc) is 2.18. The van der Waals surface area contributed by atoms with Gasteiger partial charge in [0.05, 0.1) is 12.8 Å². The first-order valence-electron chi connectivity index (χ1n) is 4.65. The summed E-state index contributed by atoms with van der Waals surface area (Å²) < 4.78 is 18.1. The number of halogens is 1. The predicted molar refractivity (Wildman–Crippen MR) is 51.4 cm³/mol. The molecule has 1 aromatic rings. The van der Waals surface area contributed by atoms with Gasteiger partial charge in [-0.3, -0.25) is 0 Å². The lowest BCUT2D eigenvalue weighted by atomic mass is 10.3. The van der Waals surface area contributed by atoms with Gasteiger partial charge in [-0.25, -0.2) is 4.98 Å². The minimum absolute atomic E-state index is 0.0249. The lowest BCUT2D eigenvalue weighted by molar-refractivity contribution is 0.279. The zero-order valence-electron chi connectivity index (χ0n) is 8.16. The number of ether oxygens (including phenoxy) is 1. The second kappa shape index (κ2) is 5.36. The van der Waals surface area contributed by atoms with Crippen LogP contribution >= 0.6 is 0 Å². The van der Waals surface area contributed by atoms with Crippen molar-refractivity contribution in [3.8, 4) is 5.88 Å². The van der Waals surface area contributed by atoms with Crippen molar-refractivity contribution in [1.82, 2.24) is 9.97 Å². The summed E-state index contributed by atoms with van der Waals surface area (Å²) in [7, 11) is 0. The van der Waals surface area contributed by atoms with Crippen LogP contribution in [0.5, 0.6) is 5.88 Å². The van der Waals surface area contributed by atoms with Crippen molar-refractivity contribution in [2.24, 2.45) is 0 Å². The summed E-state index contributed by atoms with van der Waals surface area (Å²) in [5.74, 6) is -0.610. The first-order valence-corrected chi connectivity index (χ1v) is 4.65. The minimum atomic E-state index is -0.573. The third kappa shape index (κ3) is 3.16. The molecule has 2 N–H and O–H groups in total. The summed E-state index contributed by atoms with van der Waals surface area (Å²) in [5, 5.41) is 0. The van der Waals surface area contributed by atoms with Crippen LogP contribution in [0.25, 0.3) is 0 Å². The Bertz CT molecular complexity index is 293. The van der Waals surface area contributed by atoms with Crippen LogP contribution in [0.1, 0.15) is 26.2 Å². The van der Waals surface area contributed by atoms with Crippen LogP contribution in [0.3, 0.4) is 0 Å². The van der Waals surface area contributed by atoms with Gasteiger partial charge in [-0.2, -0.15) is 9.37 Å². The first kappa shape index (κ1) is 10.7. The topological polar surface area (TPSA) is 61.0 Å². The van der Waals surface area contributed by atoms with Crippen LogP contribution in [0.15, 0.2) is 6.20 Å². The van der Waals surface area contributed by atoms with Crippen molar-refractivity contribution >= 4 is 5.95 Å². The summed E-state index contributed by atoms with van der Waals surface area (Å²) in [6.45, 7) is 2.55. The summed E-state index contributed by atoms with van der Waals surface area (Å²) in [6, 6.07) is 0. The molecule has 1 heterocycles. The highest BCUT2D eigenvalue weighted by molar-refractivity contribution is 5.22. The van der Waals surface area contributed by atoms with Crippen LogP contribution in [0.2, 0.25) is 0 Å². The van der Waals surface area contributed by atoms with Crippen LogP contribution in [-0.2, 0) is 0 Å². The number of nitrogen functional groups attached to an aromatic ring is 1. The number of anilines is 1. The molecule has 5 heteroatoms. The molecule has 0 aromatic carbocycles. The zero-order chi connectivity index (χ0) is 10.4. The van der Waals surface area contributed by atoms with E-state index in [0.29, 0.717) is 6.61 Å². The van der Waals surface area contributed by atoms with Gasteiger partial charge in [-0.05, 0) is 6.42 Å². The Morgan fingerprint density at radius 3 is 3.00 bits per heavy atom. The molecular formula is C9H14FN3O. The largest absolute Gasteiger partial charge is 0.475 e. The maximum absolute atomic E-state index is 13.0. The van der Waals surface area contributed by atoms with E-state index in [1.807, 2.05) is 0 Å². The Labute approximate surface area is 82.3 Å². The molecule has 0 unspecified atom stereocenters. The lowest BCUT2D eigenvalue weighted by Crippen LogP contribution is -2.04. The molecule has 14 heavy (non-hydrogen) atoms. The zero-order valence-corrected chi connectivity index (χ0v) is 8.16. The average molecular weight is 199 g/mol. The fourth-order valence-electron chi connectivity index (χ4n) is 0.986. The highest BCUT2D eigenvalue weighted by Crippen LogP contribution is 2.13. The third-order valence-corrected chi connectivity index (χ3v) is 1.72. The van der Waals surface area contributed by atoms with Gasteiger partial charge in [-0.1, -0.05) is 19.8 Å². The highest BCUT2D eigenvalue weighted by Gasteiger charge is 2.05. The predicted octanol–water partition coefficient (Wildman–Crippen LogP) is 1.77. The van der Waals surface area contributed by atoms with E-state index < -0.39 is 5.82 Å². The number of hydrogen-bond acceptors (Lipinski definition) is 4. The van der Waals surface area contributed by atoms with Gasteiger partial charge in [0, 0.05) is 0 Å². The van der Waals surface area contributed by atoms with E-state index in [1.54, 1.807) is 0 Å². The Morgan fingerprint density at radius 1 is 1.50 bits per heavy atom. The van der Waals surface area contributed by atoms with Gasteiger partial charge in [0.25, 0.3) is 5.88 Å². The fraction of sp³-hybridized carbons (Fsp3) is 0.556. The standard InChI is InChI=1S/C9H14FN3O/c1-2-3-4-5-14-8-7(10)6-12-9(11)13-8/h6H,2-5H2,1H3,(H2,11,12,13). The SMILES string of the molecule is CCCCCOc1nc(N)ncc1F. The molecule has 0 radical (unpaired) electrons. The molecule has 0 fully saturated rings. The fourth-order valence-corrected chi connectivity index (χ4v) is 0.986. The second-order valence-corrected chi connectivity index (χ2v) is 2.94. The lowest BCUT2D eigenvalue weighted by Gasteiger charge is -2.05. The van der Waals surface area contributed by atoms with Crippen molar-refractivity contribution in [3.05, 3.63) is 12.0 Å². The van der Waals surface area contributed by atoms with Gasteiger partial charge in [-0.15, -0.1) is 0 Å². The van der Waals surface area contributed by atoms with Crippen molar-refractivity contribution < 1.29 is 9.13 Å². The molecule has 1 rings (SSSR count). The van der Waals surface area contributed by atoms with Gasteiger partial charge in [0.15, 0.2) is 0 Å². The molecule has 78 valence electrons. The van der Waals surface area contributed by atoms with E-state index >= 15 is 0 Å². The Balaban J connectivity index is 2.45. The quantitative estimate of drug-likeness (QED) is 0.734. The van der Waals surface area contributed by atoms with Crippen molar-refractivity contribution in [3.63, 3.8) is 0 Å². The van der Waals surface area contributed by atoms with Gasteiger partial charge >= 0.3 is 0 Å². The molecule has 0 atom stereocenters. The molecule has 0 bridgehead atoms. The van der Waals surface area contributed by atoms with Crippen molar-refractivity contribution in [1.29, 1.82) is 0 Å².